The van der Waals surface area contributed by atoms with Crippen molar-refractivity contribution in [2.45, 2.75) is 6.92 Å². The van der Waals surface area contributed by atoms with Gasteiger partial charge in [0.25, 0.3) is 5.95 Å². The molecule has 0 aromatic carbocycles. The Balaban J connectivity index is 2.19. The Morgan fingerprint density at radius 2 is 1.90 bits per heavy atom. The highest BCUT2D eigenvalue weighted by Crippen LogP contribution is 2.08. The normalized spacial score (nSPS) is 11.3. The topological polar surface area (TPSA) is 115 Å². The first-order valence-electron chi connectivity index (χ1n) is 6.39. The molecule has 10 heteroatoms. The molecule has 2 heterocycles. The average molecular weight is 311 g/mol. The molecule has 0 bridgehead atoms. The van der Waals surface area contributed by atoms with Crippen molar-refractivity contribution >= 4 is 21.7 Å². The summed E-state index contributed by atoms with van der Waals surface area (Å²) in [6.45, 7) is 2.81. The fourth-order valence-corrected chi connectivity index (χ4v) is 1.99. The van der Waals surface area contributed by atoms with Crippen LogP contribution >= 0.6 is 0 Å². The molecule has 0 fully saturated rings. The number of hydrogen-bond acceptors (Lipinski definition) is 8. The van der Waals surface area contributed by atoms with Crippen LogP contribution in [0.4, 0.5) is 11.9 Å². The molecule has 0 atom stereocenters. The van der Waals surface area contributed by atoms with E-state index in [1.165, 1.54) is 10.9 Å². The summed E-state index contributed by atoms with van der Waals surface area (Å²) in [5.74, 6) is 1.06. The SMILES string of the molecule is CCNc1nc(NCCS(C)(=O)=O)nc(-n2cccn2)n1. The zero-order chi connectivity index (χ0) is 15.3. The van der Waals surface area contributed by atoms with E-state index in [-0.39, 0.29) is 12.3 Å². The highest BCUT2D eigenvalue weighted by Gasteiger charge is 2.09. The summed E-state index contributed by atoms with van der Waals surface area (Å²) < 4.78 is 23.8. The largest absolute Gasteiger partial charge is 0.354 e. The van der Waals surface area contributed by atoms with Gasteiger partial charge in [-0.05, 0) is 13.0 Å². The summed E-state index contributed by atoms with van der Waals surface area (Å²) >= 11 is 0. The highest BCUT2D eigenvalue weighted by molar-refractivity contribution is 7.90. The molecule has 0 radical (unpaired) electrons. The van der Waals surface area contributed by atoms with Gasteiger partial charge in [0.15, 0.2) is 0 Å². The van der Waals surface area contributed by atoms with Crippen LogP contribution in [0.5, 0.6) is 0 Å². The van der Waals surface area contributed by atoms with Crippen molar-refractivity contribution in [2.75, 3.05) is 35.7 Å². The number of hydrogen-bond donors (Lipinski definition) is 2. The van der Waals surface area contributed by atoms with E-state index in [1.807, 2.05) is 6.92 Å². The van der Waals surface area contributed by atoms with E-state index in [0.717, 1.165) is 0 Å². The van der Waals surface area contributed by atoms with Crippen LogP contribution in [0.25, 0.3) is 5.95 Å². The summed E-state index contributed by atoms with van der Waals surface area (Å²) in [4.78, 5) is 12.6. The summed E-state index contributed by atoms with van der Waals surface area (Å²) in [5, 5.41) is 9.94. The van der Waals surface area contributed by atoms with Crippen LogP contribution in [0.3, 0.4) is 0 Å². The molecule has 0 amide bonds. The Hall–Kier alpha value is -2.23. The van der Waals surface area contributed by atoms with E-state index in [0.29, 0.717) is 24.4 Å². The van der Waals surface area contributed by atoms with Gasteiger partial charge in [0.1, 0.15) is 9.84 Å². The molecule has 0 saturated carbocycles. The number of aromatic nitrogens is 5. The summed E-state index contributed by atoms with van der Waals surface area (Å²) in [6.07, 6.45) is 4.51. The molecular formula is C11H17N7O2S. The second kappa shape index (κ2) is 6.48. The number of nitrogens with zero attached hydrogens (tertiary/aromatic N) is 5. The smallest absolute Gasteiger partial charge is 0.257 e. The van der Waals surface area contributed by atoms with Crippen molar-refractivity contribution in [3.8, 4) is 5.95 Å². The maximum atomic E-state index is 11.1. The second-order valence-corrected chi connectivity index (χ2v) is 6.58. The van der Waals surface area contributed by atoms with Gasteiger partial charge in [0.2, 0.25) is 11.9 Å². The van der Waals surface area contributed by atoms with Crippen molar-refractivity contribution in [3.63, 3.8) is 0 Å². The molecule has 0 unspecified atom stereocenters. The van der Waals surface area contributed by atoms with Crippen LogP contribution in [0, 0.1) is 0 Å². The van der Waals surface area contributed by atoms with Crippen LogP contribution in [0.2, 0.25) is 0 Å². The van der Waals surface area contributed by atoms with Gasteiger partial charge < -0.3 is 10.6 Å². The predicted octanol–water partition coefficient (Wildman–Crippen LogP) is -0.0544. The Bertz CT molecular complexity index is 685. The molecule has 2 rings (SSSR count). The van der Waals surface area contributed by atoms with Gasteiger partial charge in [-0.25, -0.2) is 13.1 Å². The Kier molecular flexibility index (Phi) is 4.68. The molecule has 0 spiro atoms. The second-order valence-electron chi connectivity index (χ2n) is 4.32. The van der Waals surface area contributed by atoms with E-state index in [1.54, 1.807) is 18.5 Å². The number of anilines is 2. The molecule has 21 heavy (non-hydrogen) atoms. The maximum absolute atomic E-state index is 11.1. The first-order valence-corrected chi connectivity index (χ1v) is 8.45. The quantitative estimate of drug-likeness (QED) is 0.731. The zero-order valence-electron chi connectivity index (χ0n) is 11.8. The van der Waals surface area contributed by atoms with E-state index < -0.39 is 9.84 Å². The van der Waals surface area contributed by atoms with Gasteiger partial charge >= 0.3 is 0 Å². The van der Waals surface area contributed by atoms with E-state index in [9.17, 15) is 8.42 Å². The van der Waals surface area contributed by atoms with Crippen LogP contribution in [-0.2, 0) is 9.84 Å². The van der Waals surface area contributed by atoms with Crippen molar-refractivity contribution in [1.82, 2.24) is 24.7 Å². The molecule has 0 aliphatic carbocycles. The number of nitrogens with one attached hydrogen (secondary N) is 2. The van der Waals surface area contributed by atoms with E-state index in [4.69, 9.17) is 0 Å². The van der Waals surface area contributed by atoms with Gasteiger partial charge in [0.05, 0.1) is 5.75 Å². The molecular weight excluding hydrogens is 294 g/mol. The molecule has 9 nitrogen and oxygen atoms in total. The number of sulfone groups is 1. The molecule has 0 aliphatic heterocycles. The minimum absolute atomic E-state index is 0.00628. The zero-order valence-corrected chi connectivity index (χ0v) is 12.6. The van der Waals surface area contributed by atoms with E-state index in [2.05, 4.69) is 30.7 Å². The van der Waals surface area contributed by atoms with Crippen molar-refractivity contribution < 1.29 is 8.42 Å². The molecule has 2 aromatic rings. The van der Waals surface area contributed by atoms with Crippen molar-refractivity contribution in [3.05, 3.63) is 18.5 Å². The lowest BCUT2D eigenvalue weighted by Crippen LogP contribution is -2.17. The molecule has 0 aliphatic rings. The lowest BCUT2D eigenvalue weighted by Gasteiger charge is -2.09. The molecule has 2 aromatic heterocycles. The molecule has 0 saturated heterocycles. The maximum Gasteiger partial charge on any atom is 0.257 e. The first-order chi connectivity index (χ1) is 9.98. The third kappa shape index (κ3) is 4.67. The van der Waals surface area contributed by atoms with Gasteiger partial charge in [-0.15, -0.1) is 0 Å². The predicted molar refractivity (Wildman–Crippen MR) is 79.3 cm³/mol. The minimum Gasteiger partial charge on any atom is -0.354 e. The third-order valence-corrected chi connectivity index (χ3v) is 3.37. The van der Waals surface area contributed by atoms with Crippen LogP contribution in [0.1, 0.15) is 6.92 Å². The third-order valence-electron chi connectivity index (χ3n) is 2.42. The van der Waals surface area contributed by atoms with Gasteiger partial charge in [-0.2, -0.15) is 20.1 Å². The first kappa shape index (κ1) is 15.2. The fraction of sp³-hybridized carbons (Fsp3) is 0.455. The van der Waals surface area contributed by atoms with Crippen LogP contribution in [0.15, 0.2) is 18.5 Å². The van der Waals surface area contributed by atoms with Crippen molar-refractivity contribution in [1.29, 1.82) is 0 Å². The Morgan fingerprint density at radius 1 is 1.19 bits per heavy atom. The van der Waals surface area contributed by atoms with Gasteiger partial charge in [-0.1, -0.05) is 0 Å². The minimum atomic E-state index is -3.03. The van der Waals surface area contributed by atoms with Crippen LogP contribution < -0.4 is 10.6 Å². The van der Waals surface area contributed by atoms with E-state index >= 15 is 0 Å². The Morgan fingerprint density at radius 3 is 2.48 bits per heavy atom. The number of rotatable bonds is 7. The summed E-state index contributed by atoms with van der Waals surface area (Å²) in [7, 11) is -3.03. The highest BCUT2D eigenvalue weighted by atomic mass is 32.2. The molecule has 114 valence electrons. The fourth-order valence-electron chi connectivity index (χ4n) is 1.52. The van der Waals surface area contributed by atoms with Gasteiger partial charge in [0, 0.05) is 31.7 Å². The monoisotopic (exact) mass is 311 g/mol. The Labute approximate surface area is 122 Å². The standard InChI is InChI=1S/C11H17N7O2S/c1-3-12-9-15-10(13-6-8-21(2,19)20)17-11(16-9)18-7-4-5-14-18/h4-5,7H,3,6,8H2,1-2H3,(H2,12,13,15,16,17). The summed E-state index contributed by atoms with van der Waals surface area (Å²) in [5.41, 5.74) is 0. The van der Waals surface area contributed by atoms with Gasteiger partial charge in [-0.3, -0.25) is 0 Å². The van der Waals surface area contributed by atoms with Crippen molar-refractivity contribution in [2.24, 2.45) is 0 Å². The lowest BCUT2D eigenvalue weighted by molar-refractivity contribution is 0.602. The molecule has 2 N–H and O–H groups in total. The average Bonchev–Trinajstić information content (AvgIpc) is 2.91. The summed E-state index contributed by atoms with van der Waals surface area (Å²) in [6, 6.07) is 1.76. The lowest BCUT2D eigenvalue weighted by atomic mass is 10.7. The van der Waals surface area contributed by atoms with Crippen LogP contribution in [-0.4, -0.2) is 58.2 Å².